The van der Waals surface area contributed by atoms with Gasteiger partial charge in [0.05, 0.1) is 18.0 Å². The zero-order valence-electron chi connectivity index (χ0n) is 13.8. The number of rotatable bonds is 4. The minimum Gasteiger partial charge on any atom is -0.329 e. The maximum absolute atomic E-state index is 13.0. The number of hydrogen-bond donors (Lipinski definition) is 1. The van der Waals surface area contributed by atoms with Crippen LogP contribution in [0, 0.1) is 17.2 Å². The molecule has 0 radical (unpaired) electrons. The molecule has 2 aliphatic heterocycles. The number of carbonyl (C=O) groups excluding carboxylic acids is 1. The number of hydrogen-bond acceptors (Lipinski definition) is 4. The zero-order chi connectivity index (χ0) is 17.5. The predicted molar refractivity (Wildman–Crippen MR) is 80.9 cm³/mol. The van der Waals surface area contributed by atoms with Crippen LogP contribution >= 0.6 is 0 Å². The second kappa shape index (κ2) is 6.19. The normalized spacial score (nSPS) is 30.3. The van der Waals surface area contributed by atoms with Gasteiger partial charge in [-0.3, -0.25) is 9.69 Å². The number of nitrogens with zero attached hydrogens (tertiary/aromatic N) is 3. The van der Waals surface area contributed by atoms with Gasteiger partial charge in [-0.25, -0.2) is 0 Å². The van der Waals surface area contributed by atoms with Crippen LogP contribution in [0.2, 0.25) is 0 Å². The monoisotopic (exact) mass is 344 g/mol. The molecule has 2 saturated heterocycles. The Balaban J connectivity index is 1.66. The van der Waals surface area contributed by atoms with E-state index in [1.54, 1.807) is 0 Å². The molecule has 1 amide bonds. The smallest absolute Gasteiger partial charge is 0.329 e. The lowest BCUT2D eigenvalue weighted by molar-refractivity contribution is -0.190. The minimum atomic E-state index is -4.81. The number of piperidine rings is 1. The molecule has 0 aromatic heterocycles. The van der Waals surface area contributed by atoms with Crippen molar-refractivity contribution in [2.75, 3.05) is 26.2 Å². The van der Waals surface area contributed by atoms with Crippen LogP contribution in [-0.2, 0) is 4.79 Å². The molecule has 2 heterocycles. The van der Waals surface area contributed by atoms with Gasteiger partial charge < -0.3 is 10.2 Å². The van der Waals surface area contributed by atoms with E-state index in [4.69, 9.17) is 5.26 Å². The van der Waals surface area contributed by atoms with Crippen molar-refractivity contribution in [3.8, 4) is 6.07 Å². The topological polar surface area (TPSA) is 59.4 Å². The maximum atomic E-state index is 13.0. The second-order valence-corrected chi connectivity index (χ2v) is 7.37. The van der Waals surface area contributed by atoms with Crippen molar-refractivity contribution in [3.63, 3.8) is 0 Å². The molecule has 3 aliphatic rings. The Morgan fingerprint density at radius 1 is 1.38 bits per heavy atom. The Morgan fingerprint density at radius 2 is 1.96 bits per heavy atom. The highest BCUT2D eigenvalue weighted by molar-refractivity contribution is 5.82. The lowest BCUT2D eigenvalue weighted by Gasteiger charge is -2.52. The molecule has 0 aromatic carbocycles. The first-order chi connectivity index (χ1) is 11.3. The molecule has 8 heteroatoms. The summed E-state index contributed by atoms with van der Waals surface area (Å²) in [6, 6.07) is 1.60. The number of likely N-dealkylation sites (tertiary alicyclic amines) is 1. The molecular weight excluding hydrogens is 321 g/mol. The van der Waals surface area contributed by atoms with Gasteiger partial charge in [0.2, 0.25) is 0 Å². The largest absolute Gasteiger partial charge is 0.471 e. The van der Waals surface area contributed by atoms with Gasteiger partial charge in [0, 0.05) is 38.3 Å². The first kappa shape index (κ1) is 17.5. The molecule has 2 atom stereocenters. The summed E-state index contributed by atoms with van der Waals surface area (Å²) in [5.74, 6) is -1.54. The van der Waals surface area contributed by atoms with Crippen molar-refractivity contribution in [2.45, 2.75) is 56.4 Å². The number of alkyl halides is 3. The Kier molecular flexibility index (Phi) is 4.51. The predicted octanol–water partition coefficient (Wildman–Crippen LogP) is 1.51. The van der Waals surface area contributed by atoms with Crippen LogP contribution in [0.15, 0.2) is 0 Å². The fourth-order valence-corrected chi connectivity index (χ4v) is 4.06. The number of nitriles is 1. The van der Waals surface area contributed by atoms with E-state index in [1.165, 1.54) is 0 Å². The summed E-state index contributed by atoms with van der Waals surface area (Å²) in [7, 11) is 0. The molecule has 1 saturated carbocycles. The molecule has 0 spiro atoms. The number of amides is 1. The summed E-state index contributed by atoms with van der Waals surface area (Å²) in [6.07, 6.45) is -2.64. The fraction of sp³-hybridized carbons (Fsp3) is 0.875. The Morgan fingerprint density at radius 3 is 2.33 bits per heavy atom. The van der Waals surface area contributed by atoms with Crippen LogP contribution in [0.5, 0.6) is 0 Å². The van der Waals surface area contributed by atoms with Gasteiger partial charge in [-0.05, 0) is 25.2 Å². The Labute approximate surface area is 139 Å². The van der Waals surface area contributed by atoms with Crippen molar-refractivity contribution < 1.29 is 18.0 Å². The highest BCUT2D eigenvalue weighted by Crippen LogP contribution is 2.41. The van der Waals surface area contributed by atoms with E-state index in [-0.39, 0.29) is 23.5 Å². The summed E-state index contributed by atoms with van der Waals surface area (Å²) in [6.45, 7) is 4.65. The first-order valence-electron chi connectivity index (χ1n) is 8.51. The van der Waals surface area contributed by atoms with Crippen LogP contribution < -0.4 is 5.32 Å². The minimum absolute atomic E-state index is 0.148. The van der Waals surface area contributed by atoms with Gasteiger partial charge in [-0.1, -0.05) is 6.92 Å². The zero-order valence-corrected chi connectivity index (χ0v) is 13.8. The summed E-state index contributed by atoms with van der Waals surface area (Å²) < 4.78 is 38.9. The van der Waals surface area contributed by atoms with Gasteiger partial charge >= 0.3 is 12.1 Å². The molecule has 5 nitrogen and oxygen atoms in total. The Hall–Kier alpha value is -1.33. The van der Waals surface area contributed by atoms with E-state index in [1.807, 2.05) is 6.92 Å². The average molecular weight is 344 g/mol. The summed E-state index contributed by atoms with van der Waals surface area (Å²) in [5, 5.41) is 12.2. The third-order valence-electron chi connectivity index (χ3n) is 5.75. The van der Waals surface area contributed by atoms with Gasteiger partial charge in [-0.2, -0.15) is 18.4 Å². The standard InChI is InChI=1S/C16H23F3N4O/c1-11-8-13(11)23(14(24)16(17,18)19)12-2-6-22(7-3-12)15(4-5-20)9-21-10-15/h11-13,21H,2-4,6-10H2,1H3/t11-,13-/m1/s1. The molecule has 0 aromatic rings. The van der Waals surface area contributed by atoms with Gasteiger partial charge in [0.15, 0.2) is 0 Å². The van der Waals surface area contributed by atoms with Crippen molar-refractivity contribution in [2.24, 2.45) is 5.92 Å². The lowest BCUT2D eigenvalue weighted by atomic mass is 9.84. The van der Waals surface area contributed by atoms with Crippen molar-refractivity contribution in [3.05, 3.63) is 0 Å². The van der Waals surface area contributed by atoms with E-state index < -0.39 is 12.1 Å². The molecule has 3 fully saturated rings. The summed E-state index contributed by atoms with van der Waals surface area (Å²) >= 11 is 0. The van der Waals surface area contributed by atoms with E-state index in [0.29, 0.717) is 38.8 Å². The Bertz CT molecular complexity index is 532. The number of halogens is 3. The van der Waals surface area contributed by atoms with Gasteiger partial charge in [0.25, 0.3) is 0 Å². The van der Waals surface area contributed by atoms with Gasteiger partial charge in [0.1, 0.15) is 0 Å². The summed E-state index contributed by atoms with van der Waals surface area (Å²) in [4.78, 5) is 15.2. The van der Waals surface area contributed by atoms with E-state index in [2.05, 4.69) is 16.3 Å². The highest BCUT2D eigenvalue weighted by atomic mass is 19.4. The molecule has 0 bridgehead atoms. The second-order valence-electron chi connectivity index (χ2n) is 7.37. The van der Waals surface area contributed by atoms with Crippen molar-refractivity contribution in [1.29, 1.82) is 5.26 Å². The van der Waals surface area contributed by atoms with Crippen LogP contribution in [0.4, 0.5) is 13.2 Å². The highest BCUT2D eigenvalue weighted by Gasteiger charge is 2.53. The van der Waals surface area contributed by atoms with Crippen LogP contribution in [0.1, 0.15) is 32.6 Å². The molecule has 0 unspecified atom stereocenters. The van der Waals surface area contributed by atoms with E-state index in [9.17, 15) is 18.0 Å². The maximum Gasteiger partial charge on any atom is 0.471 e. The van der Waals surface area contributed by atoms with Crippen LogP contribution in [0.3, 0.4) is 0 Å². The summed E-state index contributed by atoms with van der Waals surface area (Å²) in [5.41, 5.74) is -0.175. The first-order valence-corrected chi connectivity index (χ1v) is 8.51. The molecular formula is C16H23F3N4O. The van der Waals surface area contributed by atoms with E-state index >= 15 is 0 Å². The fourth-order valence-electron chi connectivity index (χ4n) is 4.06. The number of carbonyl (C=O) groups is 1. The number of nitrogens with one attached hydrogen (secondary N) is 1. The third kappa shape index (κ3) is 3.11. The molecule has 1 aliphatic carbocycles. The van der Waals surface area contributed by atoms with Crippen LogP contribution in [-0.4, -0.2) is 65.7 Å². The van der Waals surface area contributed by atoms with Crippen LogP contribution in [0.25, 0.3) is 0 Å². The molecule has 134 valence electrons. The molecule has 24 heavy (non-hydrogen) atoms. The van der Waals surface area contributed by atoms with E-state index in [0.717, 1.165) is 18.0 Å². The van der Waals surface area contributed by atoms with Gasteiger partial charge in [-0.15, -0.1) is 0 Å². The average Bonchev–Trinajstić information content (AvgIpc) is 3.19. The van der Waals surface area contributed by atoms with Crippen molar-refractivity contribution >= 4 is 5.91 Å². The van der Waals surface area contributed by atoms with Crippen molar-refractivity contribution in [1.82, 2.24) is 15.1 Å². The SMILES string of the molecule is C[C@@H]1C[C@H]1N(C(=O)C(F)(F)F)C1CCN(C2(CC#N)CNC2)CC1. The quantitative estimate of drug-likeness (QED) is 0.840. The lowest BCUT2D eigenvalue weighted by Crippen LogP contribution is -2.70. The molecule has 3 rings (SSSR count). The third-order valence-corrected chi connectivity index (χ3v) is 5.75. The molecule has 1 N–H and O–H groups in total.